The van der Waals surface area contributed by atoms with Crippen LogP contribution in [0.1, 0.15) is 6.42 Å². The van der Waals surface area contributed by atoms with Crippen molar-refractivity contribution < 1.29 is 9.53 Å². The van der Waals surface area contributed by atoms with E-state index in [9.17, 15) is 4.79 Å². The Hall–Kier alpha value is -1.53. The van der Waals surface area contributed by atoms with Crippen LogP contribution in [0.2, 0.25) is 0 Å². The first-order valence-electron chi connectivity index (χ1n) is 6.28. The largest absolute Gasteiger partial charge is 0.491 e. The number of rotatable bonds is 5. The van der Waals surface area contributed by atoms with E-state index < -0.39 is 0 Å². The molecular weight excluding hydrogens is 400 g/mol. The molecule has 0 fully saturated rings. The molecule has 1 amide bonds. The Morgan fingerprint density at radius 3 is 2.71 bits per heavy atom. The van der Waals surface area contributed by atoms with Crippen LogP contribution >= 0.6 is 31.9 Å². The van der Waals surface area contributed by atoms with Crippen molar-refractivity contribution in [3.63, 3.8) is 0 Å². The molecule has 2 rings (SSSR count). The Kier molecular flexibility index (Phi) is 5.64. The number of halogens is 2. The molecule has 0 spiro atoms. The number of carbonyl (C=O) groups is 1. The summed E-state index contributed by atoms with van der Waals surface area (Å²) in [6.07, 6.45) is 0.243. The maximum absolute atomic E-state index is 11.9. The molecule has 21 heavy (non-hydrogen) atoms. The fourth-order valence-corrected chi connectivity index (χ4v) is 2.38. The van der Waals surface area contributed by atoms with Crippen LogP contribution in [0.15, 0.2) is 51.4 Å². The van der Waals surface area contributed by atoms with E-state index in [1.807, 2.05) is 30.3 Å². The second kappa shape index (κ2) is 7.47. The molecule has 0 aromatic heterocycles. The number of nitrogens with one attached hydrogen (secondary N) is 1. The van der Waals surface area contributed by atoms with Crippen LogP contribution < -0.4 is 15.8 Å². The van der Waals surface area contributed by atoms with E-state index in [1.54, 1.807) is 12.1 Å². The molecule has 0 aliphatic carbocycles. The predicted octanol–water partition coefficient (Wildman–Crippen LogP) is 4.20. The minimum Gasteiger partial charge on any atom is -0.491 e. The van der Waals surface area contributed by atoms with E-state index in [-0.39, 0.29) is 18.9 Å². The topological polar surface area (TPSA) is 64.3 Å². The Balaban J connectivity index is 1.85. The fraction of sp³-hybridized carbons (Fsp3) is 0.133. The summed E-state index contributed by atoms with van der Waals surface area (Å²) in [7, 11) is 0. The predicted molar refractivity (Wildman–Crippen MR) is 91.4 cm³/mol. The first kappa shape index (κ1) is 15.9. The molecule has 0 radical (unpaired) electrons. The highest BCUT2D eigenvalue weighted by Crippen LogP contribution is 2.26. The van der Waals surface area contributed by atoms with E-state index in [0.29, 0.717) is 17.1 Å². The van der Waals surface area contributed by atoms with Gasteiger partial charge in [0, 0.05) is 8.95 Å². The molecule has 2 aromatic rings. The summed E-state index contributed by atoms with van der Waals surface area (Å²) in [6, 6.07) is 12.8. The van der Waals surface area contributed by atoms with Gasteiger partial charge in [0.15, 0.2) is 0 Å². The van der Waals surface area contributed by atoms with Gasteiger partial charge in [-0.1, -0.05) is 28.1 Å². The monoisotopic (exact) mass is 412 g/mol. The molecule has 110 valence electrons. The van der Waals surface area contributed by atoms with Crippen molar-refractivity contribution in [3.8, 4) is 5.75 Å². The minimum atomic E-state index is -0.122. The van der Waals surface area contributed by atoms with Gasteiger partial charge in [0.05, 0.1) is 24.4 Å². The minimum absolute atomic E-state index is 0.122. The average Bonchev–Trinajstić information content (AvgIpc) is 2.45. The number of hydrogen-bond donors (Lipinski definition) is 2. The summed E-state index contributed by atoms with van der Waals surface area (Å²) < 4.78 is 7.22. The number of amides is 1. The molecule has 0 heterocycles. The van der Waals surface area contributed by atoms with Gasteiger partial charge in [-0.3, -0.25) is 4.79 Å². The number of carbonyl (C=O) groups excluding carboxylic acids is 1. The van der Waals surface area contributed by atoms with Gasteiger partial charge in [0.2, 0.25) is 5.91 Å². The number of benzene rings is 2. The molecule has 0 aliphatic rings. The van der Waals surface area contributed by atoms with Gasteiger partial charge in [-0.25, -0.2) is 0 Å². The molecule has 0 saturated carbocycles. The molecular formula is C15H14Br2N2O2. The Labute approximate surface area is 139 Å². The van der Waals surface area contributed by atoms with Crippen LogP contribution in [-0.4, -0.2) is 12.5 Å². The van der Waals surface area contributed by atoms with Crippen molar-refractivity contribution in [2.75, 3.05) is 17.7 Å². The second-order valence-corrected chi connectivity index (χ2v) is 6.08. The maximum Gasteiger partial charge on any atom is 0.227 e. The lowest BCUT2D eigenvalue weighted by atomic mass is 10.3. The number of anilines is 2. The van der Waals surface area contributed by atoms with Crippen LogP contribution in [0, 0.1) is 0 Å². The third-order valence-electron chi connectivity index (χ3n) is 2.71. The van der Waals surface area contributed by atoms with Crippen molar-refractivity contribution in [2.45, 2.75) is 6.42 Å². The van der Waals surface area contributed by atoms with Crippen LogP contribution in [0.3, 0.4) is 0 Å². The van der Waals surface area contributed by atoms with Crippen LogP contribution in [0.25, 0.3) is 0 Å². The Bertz CT molecular complexity index is 647. The highest BCUT2D eigenvalue weighted by Gasteiger charge is 2.07. The lowest BCUT2D eigenvalue weighted by Gasteiger charge is -2.10. The summed E-state index contributed by atoms with van der Waals surface area (Å²) in [5.74, 6) is 0.470. The van der Waals surface area contributed by atoms with Gasteiger partial charge in [-0.2, -0.15) is 0 Å². The number of ether oxygens (including phenoxy) is 1. The molecule has 0 unspecified atom stereocenters. The molecule has 0 atom stereocenters. The SMILES string of the molecule is Nc1ccccc1OCCC(=O)Nc1cc(Br)ccc1Br. The van der Waals surface area contributed by atoms with E-state index >= 15 is 0 Å². The zero-order valence-corrected chi connectivity index (χ0v) is 14.3. The fourth-order valence-electron chi connectivity index (χ4n) is 1.67. The van der Waals surface area contributed by atoms with Crippen molar-refractivity contribution in [3.05, 3.63) is 51.4 Å². The Morgan fingerprint density at radius 1 is 1.19 bits per heavy atom. The van der Waals surface area contributed by atoms with E-state index in [4.69, 9.17) is 10.5 Å². The van der Waals surface area contributed by atoms with Gasteiger partial charge in [-0.05, 0) is 46.3 Å². The number of hydrogen-bond acceptors (Lipinski definition) is 3. The van der Waals surface area contributed by atoms with E-state index in [0.717, 1.165) is 8.95 Å². The van der Waals surface area contributed by atoms with Crippen LogP contribution in [0.4, 0.5) is 11.4 Å². The van der Waals surface area contributed by atoms with Gasteiger partial charge >= 0.3 is 0 Å². The van der Waals surface area contributed by atoms with Crippen molar-refractivity contribution >= 4 is 49.1 Å². The van der Waals surface area contributed by atoms with Crippen molar-refractivity contribution in [1.29, 1.82) is 0 Å². The summed E-state index contributed by atoms with van der Waals surface area (Å²) >= 11 is 6.76. The van der Waals surface area contributed by atoms with E-state index in [2.05, 4.69) is 37.2 Å². The quantitative estimate of drug-likeness (QED) is 0.722. The lowest BCUT2D eigenvalue weighted by molar-refractivity contribution is -0.116. The molecule has 2 aromatic carbocycles. The highest BCUT2D eigenvalue weighted by molar-refractivity contribution is 9.11. The standard InChI is InChI=1S/C15H14Br2N2O2/c16-10-5-6-11(17)13(9-10)19-15(20)7-8-21-14-4-2-1-3-12(14)18/h1-6,9H,7-8,18H2,(H,19,20). The molecule has 4 nitrogen and oxygen atoms in total. The first-order valence-corrected chi connectivity index (χ1v) is 7.87. The third kappa shape index (κ3) is 4.75. The number of para-hydroxylation sites is 2. The normalized spacial score (nSPS) is 10.2. The molecule has 6 heteroatoms. The molecule has 0 aliphatic heterocycles. The summed E-state index contributed by atoms with van der Waals surface area (Å²) in [5, 5.41) is 2.82. The lowest BCUT2D eigenvalue weighted by Crippen LogP contribution is -2.15. The van der Waals surface area contributed by atoms with Crippen molar-refractivity contribution in [1.82, 2.24) is 0 Å². The van der Waals surface area contributed by atoms with Crippen LogP contribution in [-0.2, 0) is 4.79 Å². The first-order chi connectivity index (χ1) is 10.1. The maximum atomic E-state index is 11.9. The average molecular weight is 414 g/mol. The highest BCUT2D eigenvalue weighted by atomic mass is 79.9. The number of nitrogens with two attached hydrogens (primary N) is 1. The number of nitrogen functional groups attached to an aromatic ring is 1. The summed E-state index contributed by atoms with van der Waals surface area (Å²) in [5.41, 5.74) is 7.04. The van der Waals surface area contributed by atoms with Gasteiger partial charge < -0.3 is 15.8 Å². The Morgan fingerprint density at radius 2 is 1.95 bits per heavy atom. The molecule has 3 N–H and O–H groups in total. The zero-order chi connectivity index (χ0) is 15.2. The molecule has 0 saturated heterocycles. The van der Waals surface area contributed by atoms with Crippen LogP contribution in [0.5, 0.6) is 5.75 Å². The van der Waals surface area contributed by atoms with Crippen molar-refractivity contribution in [2.24, 2.45) is 0 Å². The van der Waals surface area contributed by atoms with Gasteiger partial charge in [0.25, 0.3) is 0 Å². The summed E-state index contributed by atoms with van der Waals surface area (Å²) in [4.78, 5) is 11.9. The molecule has 0 bridgehead atoms. The third-order valence-corrected chi connectivity index (χ3v) is 3.89. The zero-order valence-electron chi connectivity index (χ0n) is 11.1. The van der Waals surface area contributed by atoms with E-state index in [1.165, 1.54) is 0 Å². The smallest absolute Gasteiger partial charge is 0.227 e. The van der Waals surface area contributed by atoms with Gasteiger partial charge in [0.1, 0.15) is 5.75 Å². The summed E-state index contributed by atoms with van der Waals surface area (Å²) in [6.45, 7) is 0.270. The van der Waals surface area contributed by atoms with Gasteiger partial charge in [-0.15, -0.1) is 0 Å². The second-order valence-electron chi connectivity index (χ2n) is 4.31.